The fourth-order valence-electron chi connectivity index (χ4n) is 4.28. The van der Waals surface area contributed by atoms with Crippen LogP contribution in [0.5, 0.6) is 0 Å². The van der Waals surface area contributed by atoms with Gasteiger partial charge in [0.15, 0.2) is 0 Å². The number of ketones is 1. The number of anilines is 1. The summed E-state index contributed by atoms with van der Waals surface area (Å²) in [7, 11) is 0. The SMILES string of the molecule is O=C1C(=O)N(c2ccc(Cl)cc2)C(c2cccc3ccccc23)/C1=C(/O)c1ccc(Cl)c(Cl)c1. The summed E-state index contributed by atoms with van der Waals surface area (Å²) in [6.07, 6.45) is 0. The second kappa shape index (κ2) is 8.80. The molecule has 1 fully saturated rings. The molecule has 168 valence electrons. The monoisotopic (exact) mass is 507 g/mol. The molecular weight excluding hydrogens is 493 g/mol. The predicted octanol–water partition coefficient (Wildman–Crippen LogP) is 7.43. The maximum Gasteiger partial charge on any atom is 0.300 e. The molecular formula is C27H16Cl3NO3. The number of aliphatic hydroxyl groups excluding tert-OH is 1. The van der Waals surface area contributed by atoms with Gasteiger partial charge >= 0.3 is 0 Å². The van der Waals surface area contributed by atoms with E-state index in [0.29, 0.717) is 21.3 Å². The van der Waals surface area contributed by atoms with E-state index in [2.05, 4.69) is 0 Å². The van der Waals surface area contributed by atoms with Crippen LogP contribution in [0.15, 0.2) is 90.5 Å². The molecule has 1 N–H and O–H groups in total. The third-order valence-electron chi connectivity index (χ3n) is 5.86. The Kier molecular flexibility index (Phi) is 5.82. The van der Waals surface area contributed by atoms with E-state index < -0.39 is 17.7 Å². The third kappa shape index (κ3) is 3.74. The van der Waals surface area contributed by atoms with Crippen LogP contribution in [0.25, 0.3) is 16.5 Å². The summed E-state index contributed by atoms with van der Waals surface area (Å²) in [6, 6.07) is 23.7. The highest BCUT2D eigenvalue weighted by molar-refractivity contribution is 6.52. The summed E-state index contributed by atoms with van der Waals surface area (Å²) in [6.45, 7) is 0. The Morgan fingerprint density at radius 3 is 2.24 bits per heavy atom. The van der Waals surface area contributed by atoms with Crippen molar-refractivity contribution in [2.45, 2.75) is 6.04 Å². The van der Waals surface area contributed by atoms with E-state index in [1.54, 1.807) is 30.3 Å². The molecule has 1 atom stereocenters. The standard InChI is InChI=1S/C27H16Cl3NO3/c28-17-9-11-18(12-10-17)31-24(20-7-3-5-15-4-1-2-6-19(15)20)23(26(33)27(31)34)25(32)16-8-13-21(29)22(30)14-16/h1-14,24,32H/b25-23-. The summed E-state index contributed by atoms with van der Waals surface area (Å²) >= 11 is 18.3. The van der Waals surface area contributed by atoms with Gasteiger partial charge in [0.2, 0.25) is 0 Å². The highest BCUT2D eigenvalue weighted by atomic mass is 35.5. The fourth-order valence-corrected chi connectivity index (χ4v) is 4.71. The minimum absolute atomic E-state index is 0.0327. The van der Waals surface area contributed by atoms with Gasteiger partial charge in [-0.15, -0.1) is 0 Å². The maximum absolute atomic E-state index is 13.3. The fraction of sp³-hybridized carbons (Fsp3) is 0.0370. The van der Waals surface area contributed by atoms with E-state index in [1.165, 1.54) is 17.0 Å². The number of halogens is 3. The van der Waals surface area contributed by atoms with E-state index in [-0.39, 0.29) is 21.9 Å². The number of hydrogen-bond donors (Lipinski definition) is 1. The number of aliphatic hydroxyl groups is 1. The number of carbonyl (C=O) groups excluding carboxylic acids is 2. The Balaban J connectivity index is 1.80. The summed E-state index contributed by atoms with van der Waals surface area (Å²) < 4.78 is 0. The molecule has 0 spiro atoms. The van der Waals surface area contributed by atoms with Gasteiger partial charge < -0.3 is 5.11 Å². The summed E-state index contributed by atoms with van der Waals surface area (Å²) in [5, 5.41) is 14.1. The number of rotatable bonds is 3. The molecule has 1 unspecified atom stereocenters. The lowest BCUT2D eigenvalue weighted by molar-refractivity contribution is -0.132. The van der Waals surface area contributed by atoms with Crippen LogP contribution in [0, 0.1) is 0 Å². The molecule has 5 rings (SSSR count). The van der Waals surface area contributed by atoms with Gasteiger partial charge in [0.05, 0.1) is 21.7 Å². The summed E-state index contributed by atoms with van der Waals surface area (Å²) in [4.78, 5) is 28.1. The summed E-state index contributed by atoms with van der Waals surface area (Å²) in [5.41, 5.74) is 1.44. The molecule has 4 aromatic rings. The highest BCUT2D eigenvalue weighted by Crippen LogP contribution is 2.44. The predicted molar refractivity (Wildman–Crippen MR) is 137 cm³/mol. The van der Waals surface area contributed by atoms with Crippen molar-refractivity contribution < 1.29 is 14.7 Å². The van der Waals surface area contributed by atoms with Crippen LogP contribution in [0.1, 0.15) is 17.2 Å². The molecule has 0 aromatic heterocycles. The lowest BCUT2D eigenvalue weighted by Gasteiger charge is -2.26. The molecule has 1 amide bonds. The number of amides is 1. The molecule has 0 radical (unpaired) electrons. The molecule has 4 aromatic carbocycles. The van der Waals surface area contributed by atoms with Gasteiger partial charge in [-0.25, -0.2) is 0 Å². The molecule has 0 saturated carbocycles. The number of Topliss-reactive ketones (excluding diaryl/α,β-unsaturated/α-hetero) is 1. The van der Waals surface area contributed by atoms with Gasteiger partial charge in [0, 0.05) is 16.3 Å². The van der Waals surface area contributed by atoms with Gasteiger partial charge in [0.25, 0.3) is 11.7 Å². The largest absolute Gasteiger partial charge is 0.507 e. The molecule has 1 aliphatic heterocycles. The smallest absolute Gasteiger partial charge is 0.300 e. The van der Waals surface area contributed by atoms with E-state index >= 15 is 0 Å². The lowest BCUT2D eigenvalue weighted by Crippen LogP contribution is -2.29. The van der Waals surface area contributed by atoms with Crippen LogP contribution in [0.4, 0.5) is 5.69 Å². The first-order chi connectivity index (χ1) is 16.4. The van der Waals surface area contributed by atoms with E-state index in [4.69, 9.17) is 34.8 Å². The van der Waals surface area contributed by atoms with E-state index in [0.717, 1.165) is 10.8 Å². The van der Waals surface area contributed by atoms with Crippen molar-refractivity contribution in [3.8, 4) is 0 Å². The average molecular weight is 509 g/mol. The number of nitrogens with zero attached hydrogens (tertiary/aromatic N) is 1. The molecule has 0 aliphatic carbocycles. The first-order valence-electron chi connectivity index (χ1n) is 10.4. The Morgan fingerprint density at radius 1 is 0.794 bits per heavy atom. The van der Waals surface area contributed by atoms with Crippen molar-refractivity contribution in [3.05, 3.63) is 117 Å². The number of benzene rings is 4. The molecule has 0 bridgehead atoms. The van der Waals surface area contributed by atoms with Crippen molar-refractivity contribution in [1.29, 1.82) is 0 Å². The molecule has 1 aliphatic rings. The van der Waals surface area contributed by atoms with E-state index in [1.807, 2.05) is 42.5 Å². The van der Waals surface area contributed by atoms with Crippen molar-refractivity contribution >= 4 is 68.7 Å². The number of carbonyl (C=O) groups is 2. The second-order valence-corrected chi connectivity index (χ2v) is 9.09. The first-order valence-corrected chi connectivity index (χ1v) is 11.5. The zero-order chi connectivity index (χ0) is 24.0. The molecule has 4 nitrogen and oxygen atoms in total. The van der Waals surface area contributed by atoms with Crippen LogP contribution < -0.4 is 4.90 Å². The highest BCUT2D eigenvalue weighted by Gasteiger charge is 2.47. The minimum atomic E-state index is -0.873. The van der Waals surface area contributed by atoms with Crippen LogP contribution in [0.3, 0.4) is 0 Å². The van der Waals surface area contributed by atoms with Gasteiger partial charge in [-0.05, 0) is 58.8 Å². The Morgan fingerprint density at radius 2 is 1.50 bits per heavy atom. The van der Waals surface area contributed by atoms with E-state index in [9.17, 15) is 14.7 Å². The lowest BCUT2D eigenvalue weighted by atomic mass is 9.91. The normalized spacial score (nSPS) is 17.5. The van der Waals surface area contributed by atoms with Crippen molar-refractivity contribution in [1.82, 2.24) is 0 Å². The van der Waals surface area contributed by atoms with Crippen molar-refractivity contribution in [3.63, 3.8) is 0 Å². The third-order valence-corrected chi connectivity index (χ3v) is 6.85. The topological polar surface area (TPSA) is 57.6 Å². The number of fused-ring (bicyclic) bond motifs is 1. The quantitative estimate of drug-likeness (QED) is 0.178. The number of hydrogen-bond acceptors (Lipinski definition) is 3. The van der Waals surface area contributed by atoms with Crippen LogP contribution in [-0.2, 0) is 9.59 Å². The van der Waals surface area contributed by atoms with Crippen LogP contribution in [0.2, 0.25) is 15.1 Å². The van der Waals surface area contributed by atoms with Gasteiger partial charge in [-0.2, -0.15) is 0 Å². The average Bonchev–Trinajstić information content (AvgIpc) is 3.11. The first kappa shape index (κ1) is 22.5. The zero-order valence-corrected chi connectivity index (χ0v) is 19.8. The van der Waals surface area contributed by atoms with Crippen molar-refractivity contribution in [2.24, 2.45) is 0 Å². The van der Waals surface area contributed by atoms with Gasteiger partial charge in [-0.3, -0.25) is 14.5 Å². The summed E-state index contributed by atoms with van der Waals surface area (Å²) in [5.74, 6) is -1.87. The molecule has 1 heterocycles. The Hall–Kier alpha value is -3.31. The van der Waals surface area contributed by atoms with Crippen LogP contribution in [-0.4, -0.2) is 16.8 Å². The molecule has 34 heavy (non-hydrogen) atoms. The van der Waals surface area contributed by atoms with Gasteiger partial charge in [0.1, 0.15) is 5.76 Å². The minimum Gasteiger partial charge on any atom is -0.507 e. The van der Waals surface area contributed by atoms with Crippen LogP contribution >= 0.6 is 34.8 Å². The van der Waals surface area contributed by atoms with Crippen molar-refractivity contribution in [2.75, 3.05) is 4.90 Å². The second-order valence-electron chi connectivity index (χ2n) is 7.84. The zero-order valence-electron chi connectivity index (χ0n) is 17.5. The molecule has 1 saturated heterocycles. The molecule has 7 heteroatoms. The Bertz CT molecular complexity index is 1490. The maximum atomic E-state index is 13.3. The Labute approximate surface area is 210 Å². The van der Waals surface area contributed by atoms with Gasteiger partial charge in [-0.1, -0.05) is 77.3 Å².